The Morgan fingerprint density at radius 3 is 2.47 bits per heavy atom. The van der Waals surface area contributed by atoms with Crippen LogP contribution < -0.4 is 10.5 Å². The third-order valence-electron chi connectivity index (χ3n) is 2.24. The summed E-state index contributed by atoms with van der Waals surface area (Å²) >= 11 is 0. The van der Waals surface area contributed by atoms with Gasteiger partial charge in [0.25, 0.3) is 0 Å². The van der Waals surface area contributed by atoms with Crippen LogP contribution >= 0.6 is 0 Å². The highest BCUT2D eigenvalue weighted by Crippen LogP contribution is 2.22. The monoisotopic (exact) mass is 284 g/mol. The summed E-state index contributed by atoms with van der Waals surface area (Å²) in [5.74, 6) is 0.861. The molecule has 0 fully saturated rings. The van der Waals surface area contributed by atoms with Crippen LogP contribution in [0.1, 0.15) is 0 Å². The molecular weight excluding hydrogens is 270 g/mol. The van der Waals surface area contributed by atoms with Gasteiger partial charge in [-0.2, -0.15) is 0 Å². The van der Waals surface area contributed by atoms with Gasteiger partial charge in [-0.15, -0.1) is 5.10 Å². The molecule has 0 bridgehead atoms. The lowest BCUT2D eigenvalue weighted by molar-refractivity contribution is -0.370. The predicted molar refractivity (Wildman–Crippen MR) is 66.1 cm³/mol. The van der Waals surface area contributed by atoms with Gasteiger partial charge in [-0.1, -0.05) is 5.10 Å². The molecule has 8 heteroatoms. The van der Waals surface area contributed by atoms with Gasteiger partial charge >= 0.3 is 5.22 Å². The number of hydrogen-bond acceptors (Lipinski definition) is 6. The molecule has 0 aliphatic rings. The predicted octanol–water partition coefficient (Wildman–Crippen LogP) is -0.239. The van der Waals surface area contributed by atoms with Gasteiger partial charge in [0.2, 0.25) is 15.7 Å². The van der Waals surface area contributed by atoms with Crippen LogP contribution in [0.15, 0.2) is 33.9 Å². The lowest BCUT2D eigenvalue weighted by atomic mass is 10.2. The maximum Gasteiger partial charge on any atom is 0.335 e. The van der Waals surface area contributed by atoms with Crippen molar-refractivity contribution < 1.29 is 23.3 Å². The minimum absolute atomic E-state index is 0.157. The Bertz CT molecular complexity index is 649. The van der Waals surface area contributed by atoms with Crippen molar-refractivity contribution in [2.45, 2.75) is 5.22 Å². The smallest absolute Gasteiger partial charge is 0.335 e. The van der Waals surface area contributed by atoms with E-state index in [1.54, 1.807) is 24.3 Å². The van der Waals surface area contributed by atoms with Crippen LogP contribution in [0.2, 0.25) is 0 Å². The van der Waals surface area contributed by atoms with Gasteiger partial charge in [-0.05, 0) is 24.3 Å². The number of benzene rings is 1. The van der Waals surface area contributed by atoms with E-state index in [1.165, 1.54) is 0 Å². The molecule has 0 atom stereocenters. The molecule has 0 spiro atoms. The molecule has 2 aromatic rings. The van der Waals surface area contributed by atoms with Crippen LogP contribution in [0, 0.1) is 0 Å². The Hall–Kier alpha value is -1.93. The highest BCUT2D eigenvalue weighted by molar-refractivity contribution is 7.90. The molecule has 19 heavy (non-hydrogen) atoms. The Balaban J connectivity index is 2.20. The first-order valence-electron chi connectivity index (χ1n) is 5.57. The van der Waals surface area contributed by atoms with E-state index >= 15 is 0 Å². The Labute approximate surface area is 110 Å². The standard InChI is InChI=1S/C11H13N3O4S/c1-19(15,16)11-14-13-10(18-11)8-2-4-9(5-3-8)17-7-6-12/h2-5H,6-7,12H2,1H3/p+1. The molecule has 102 valence electrons. The van der Waals surface area contributed by atoms with Gasteiger partial charge in [0.1, 0.15) is 18.9 Å². The number of rotatable bonds is 5. The largest absolute Gasteiger partial charge is 0.488 e. The summed E-state index contributed by atoms with van der Waals surface area (Å²) in [6, 6.07) is 6.93. The average Bonchev–Trinajstić information content (AvgIpc) is 2.86. The maximum absolute atomic E-state index is 11.2. The highest BCUT2D eigenvalue weighted by atomic mass is 32.2. The van der Waals surface area contributed by atoms with E-state index in [0.717, 1.165) is 6.26 Å². The number of quaternary nitrogens is 1. The zero-order valence-corrected chi connectivity index (χ0v) is 11.2. The molecule has 0 saturated heterocycles. The molecule has 1 aromatic carbocycles. The summed E-state index contributed by atoms with van der Waals surface area (Å²) in [5.41, 5.74) is 4.31. The minimum atomic E-state index is -3.48. The highest BCUT2D eigenvalue weighted by Gasteiger charge is 2.17. The van der Waals surface area contributed by atoms with Crippen LogP contribution in [0.5, 0.6) is 5.75 Å². The van der Waals surface area contributed by atoms with Gasteiger partial charge in [-0.25, -0.2) is 8.42 Å². The summed E-state index contributed by atoms with van der Waals surface area (Å²) in [7, 11) is -3.48. The van der Waals surface area contributed by atoms with Gasteiger partial charge in [0.05, 0.1) is 0 Å². The molecule has 3 N–H and O–H groups in total. The lowest BCUT2D eigenvalue weighted by Gasteiger charge is -2.03. The fourth-order valence-electron chi connectivity index (χ4n) is 1.36. The molecular formula is C11H14N3O4S+. The second kappa shape index (κ2) is 5.37. The second-order valence-electron chi connectivity index (χ2n) is 3.87. The van der Waals surface area contributed by atoms with Crippen molar-refractivity contribution in [2.24, 2.45) is 0 Å². The molecule has 1 aromatic heterocycles. The first-order valence-corrected chi connectivity index (χ1v) is 7.46. The first kappa shape index (κ1) is 13.5. The fourth-order valence-corrected chi connectivity index (χ4v) is 1.78. The molecule has 0 amide bonds. The molecule has 2 rings (SSSR count). The molecule has 1 heterocycles. The summed E-state index contributed by atoms with van der Waals surface area (Å²) in [6.45, 7) is 1.22. The van der Waals surface area contributed by atoms with E-state index in [2.05, 4.69) is 15.9 Å². The van der Waals surface area contributed by atoms with Crippen molar-refractivity contribution in [1.29, 1.82) is 0 Å². The normalized spacial score (nSPS) is 11.5. The molecule has 0 radical (unpaired) electrons. The molecule has 0 unspecified atom stereocenters. The molecule has 7 nitrogen and oxygen atoms in total. The molecule has 0 aliphatic heterocycles. The number of hydrogen-bond donors (Lipinski definition) is 1. The van der Waals surface area contributed by atoms with Crippen molar-refractivity contribution in [2.75, 3.05) is 19.4 Å². The summed E-state index contributed by atoms with van der Waals surface area (Å²) in [6.07, 6.45) is 1.01. The third kappa shape index (κ3) is 3.30. The van der Waals surface area contributed by atoms with Crippen molar-refractivity contribution in [3.8, 4) is 17.2 Å². The van der Waals surface area contributed by atoms with Gasteiger partial charge in [-0.3, -0.25) is 0 Å². The number of nitrogens with zero attached hydrogens (tertiary/aromatic N) is 2. The van der Waals surface area contributed by atoms with Gasteiger partial charge in [0, 0.05) is 11.8 Å². The van der Waals surface area contributed by atoms with Crippen LogP contribution in [-0.2, 0) is 9.84 Å². The zero-order valence-electron chi connectivity index (χ0n) is 10.4. The Morgan fingerprint density at radius 2 is 1.95 bits per heavy atom. The summed E-state index contributed by atoms with van der Waals surface area (Å²) in [5, 5.41) is 6.80. The van der Waals surface area contributed by atoms with Crippen molar-refractivity contribution in [3.05, 3.63) is 24.3 Å². The third-order valence-corrected chi connectivity index (χ3v) is 3.04. The van der Waals surface area contributed by atoms with E-state index in [-0.39, 0.29) is 11.1 Å². The minimum Gasteiger partial charge on any atom is -0.488 e. The van der Waals surface area contributed by atoms with Crippen LogP contribution in [-0.4, -0.2) is 38.0 Å². The fraction of sp³-hybridized carbons (Fsp3) is 0.273. The van der Waals surface area contributed by atoms with Crippen molar-refractivity contribution in [1.82, 2.24) is 10.2 Å². The lowest BCUT2D eigenvalue weighted by Crippen LogP contribution is -2.52. The van der Waals surface area contributed by atoms with E-state index < -0.39 is 9.84 Å². The Morgan fingerprint density at radius 1 is 1.26 bits per heavy atom. The van der Waals surface area contributed by atoms with E-state index in [0.29, 0.717) is 24.5 Å². The average molecular weight is 284 g/mol. The summed E-state index contributed by atoms with van der Waals surface area (Å²) < 4.78 is 32.9. The van der Waals surface area contributed by atoms with E-state index in [1.807, 2.05) is 0 Å². The van der Waals surface area contributed by atoms with Crippen molar-refractivity contribution >= 4 is 9.84 Å². The second-order valence-corrected chi connectivity index (χ2v) is 5.77. The van der Waals surface area contributed by atoms with E-state index in [4.69, 9.17) is 9.15 Å². The van der Waals surface area contributed by atoms with Gasteiger partial charge in [0.15, 0.2) is 0 Å². The van der Waals surface area contributed by atoms with E-state index in [9.17, 15) is 8.42 Å². The van der Waals surface area contributed by atoms with Gasteiger partial charge < -0.3 is 14.9 Å². The topological polar surface area (TPSA) is 110 Å². The number of ether oxygens (including phenoxy) is 1. The Kier molecular flexibility index (Phi) is 3.82. The quantitative estimate of drug-likeness (QED) is 0.811. The van der Waals surface area contributed by atoms with Crippen LogP contribution in [0.3, 0.4) is 0 Å². The molecule has 0 aliphatic carbocycles. The zero-order chi connectivity index (χ0) is 13.9. The van der Waals surface area contributed by atoms with Crippen molar-refractivity contribution in [3.63, 3.8) is 0 Å². The summed E-state index contributed by atoms with van der Waals surface area (Å²) in [4.78, 5) is 0. The number of sulfone groups is 1. The number of aromatic nitrogens is 2. The molecule has 0 saturated carbocycles. The van der Waals surface area contributed by atoms with Crippen LogP contribution in [0.25, 0.3) is 11.5 Å². The first-order chi connectivity index (χ1) is 9.00. The maximum atomic E-state index is 11.2. The van der Waals surface area contributed by atoms with Crippen LogP contribution in [0.4, 0.5) is 0 Å². The SMILES string of the molecule is CS(=O)(=O)c1nnc(-c2ccc(OCC[NH3+])cc2)o1.